The third-order valence-corrected chi connectivity index (χ3v) is 3.15. The molecule has 3 rings (SSSR count). The minimum Gasteiger partial charge on any atom is -0.508 e. The lowest BCUT2D eigenvalue weighted by Crippen LogP contribution is -1.94. The zero-order valence-corrected chi connectivity index (χ0v) is 10.7. The van der Waals surface area contributed by atoms with Crippen molar-refractivity contribution >= 4 is 22.6 Å². The molecule has 0 amide bonds. The molecule has 96 valence electrons. The van der Waals surface area contributed by atoms with Gasteiger partial charge in [0.25, 0.3) is 0 Å². The third kappa shape index (κ3) is 2.37. The molecule has 0 atom stereocenters. The second-order valence-electron chi connectivity index (χ2n) is 4.16. The fourth-order valence-electron chi connectivity index (χ4n) is 1.95. The smallest absolute Gasteiger partial charge is 0.135 e. The van der Waals surface area contributed by atoms with Crippen molar-refractivity contribution in [1.82, 2.24) is 0 Å². The van der Waals surface area contributed by atoms with E-state index in [2.05, 4.69) is 0 Å². The van der Waals surface area contributed by atoms with Crippen LogP contribution in [0.25, 0.3) is 11.0 Å². The zero-order chi connectivity index (χ0) is 13.2. The number of furan rings is 1. The Morgan fingerprint density at radius 1 is 1.16 bits per heavy atom. The Morgan fingerprint density at radius 2 is 2.00 bits per heavy atom. The van der Waals surface area contributed by atoms with Crippen molar-refractivity contribution in [2.45, 2.75) is 6.61 Å². The number of hydrogen-bond donors (Lipinski definition) is 1. The van der Waals surface area contributed by atoms with Gasteiger partial charge < -0.3 is 14.3 Å². The average molecular weight is 275 g/mol. The molecule has 0 bridgehead atoms. The maximum atomic E-state index is 9.37. The van der Waals surface area contributed by atoms with Gasteiger partial charge in [-0.15, -0.1) is 0 Å². The van der Waals surface area contributed by atoms with Crippen molar-refractivity contribution in [2.24, 2.45) is 0 Å². The molecule has 0 aliphatic heterocycles. The first-order valence-electron chi connectivity index (χ1n) is 5.80. The first kappa shape index (κ1) is 11.9. The van der Waals surface area contributed by atoms with Crippen LogP contribution in [0.1, 0.15) is 5.56 Å². The van der Waals surface area contributed by atoms with Crippen LogP contribution in [0.3, 0.4) is 0 Å². The number of fused-ring (bicyclic) bond motifs is 1. The second kappa shape index (κ2) is 4.86. The van der Waals surface area contributed by atoms with Crippen LogP contribution in [0.5, 0.6) is 11.5 Å². The van der Waals surface area contributed by atoms with E-state index in [0.29, 0.717) is 17.4 Å². The first-order valence-corrected chi connectivity index (χ1v) is 6.18. The topological polar surface area (TPSA) is 42.6 Å². The van der Waals surface area contributed by atoms with Gasteiger partial charge in [0.2, 0.25) is 0 Å². The Bertz CT molecular complexity index is 718. The monoisotopic (exact) mass is 274 g/mol. The predicted octanol–water partition coefficient (Wildman–Crippen LogP) is 4.37. The lowest BCUT2D eigenvalue weighted by molar-refractivity contribution is 0.304. The van der Waals surface area contributed by atoms with Gasteiger partial charge in [-0.05, 0) is 24.3 Å². The highest BCUT2D eigenvalue weighted by Gasteiger charge is 2.09. The van der Waals surface area contributed by atoms with Crippen molar-refractivity contribution in [3.63, 3.8) is 0 Å². The zero-order valence-electron chi connectivity index (χ0n) is 9.97. The van der Waals surface area contributed by atoms with Crippen LogP contribution in [0.2, 0.25) is 5.02 Å². The maximum Gasteiger partial charge on any atom is 0.135 e. The highest BCUT2D eigenvalue weighted by molar-refractivity contribution is 6.35. The summed E-state index contributed by atoms with van der Waals surface area (Å²) in [4.78, 5) is 0. The molecule has 0 saturated heterocycles. The molecule has 4 heteroatoms. The number of halogens is 1. The molecule has 1 heterocycles. The normalized spacial score (nSPS) is 10.8. The van der Waals surface area contributed by atoms with E-state index in [9.17, 15) is 5.11 Å². The van der Waals surface area contributed by atoms with E-state index in [1.54, 1.807) is 30.5 Å². The molecule has 19 heavy (non-hydrogen) atoms. The summed E-state index contributed by atoms with van der Waals surface area (Å²) in [5, 5.41) is 10.9. The maximum absolute atomic E-state index is 9.37. The number of phenols is 1. The van der Waals surface area contributed by atoms with Crippen LogP contribution in [-0.2, 0) is 6.61 Å². The molecule has 3 nitrogen and oxygen atoms in total. The molecule has 0 unspecified atom stereocenters. The number of benzene rings is 2. The van der Waals surface area contributed by atoms with Gasteiger partial charge in [0, 0.05) is 17.0 Å². The fourth-order valence-corrected chi connectivity index (χ4v) is 2.24. The SMILES string of the molecule is Oc1cccc(OCc2coc3cccc(Cl)c23)c1. The molecule has 1 aromatic heterocycles. The minimum absolute atomic E-state index is 0.174. The summed E-state index contributed by atoms with van der Waals surface area (Å²) in [6, 6.07) is 12.2. The Balaban J connectivity index is 1.86. The van der Waals surface area contributed by atoms with Crippen LogP contribution < -0.4 is 4.74 Å². The van der Waals surface area contributed by atoms with Gasteiger partial charge >= 0.3 is 0 Å². The van der Waals surface area contributed by atoms with E-state index >= 15 is 0 Å². The third-order valence-electron chi connectivity index (χ3n) is 2.84. The minimum atomic E-state index is 0.174. The molecule has 0 spiro atoms. The Hall–Kier alpha value is -2.13. The molecular formula is C15H11ClO3. The van der Waals surface area contributed by atoms with Crippen molar-refractivity contribution in [3.8, 4) is 11.5 Å². The van der Waals surface area contributed by atoms with Gasteiger partial charge in [-0.1, -0.05) is 23.7 Å². The predicted molar refractivity (Wildman–Crippen MR) is 73.7 cm³/mol. The highest BCUT2D eigenvalue weighted by atomic mass is 35.5. The molecular weight excluding hydrogens is 264 g/mol. The Morgan fingerprint density at radius 3 is 2.84 bits per heavy atom. The summed E-state index contributed by atoms with van der Waals surface area (Å²) in [6.45, 7) is 0.334. The van der Waals surface area contributed by atoms with Gasteiger partial charge in [0.05, 0.1) is 11.3 Å². The average Bonchev–Trinajstić information content (AvgIpc) is 2.81. The van der Waals surface area contributed by atoms with Crippen molar-refractivity contribution in [3.05, 3.63) is 59.3 Å². The van der Waals surface area contributed by atoms with Gasteiger partial charge in [-0.3, -0.25) is 0 Å². The second-order valence-corrected chi connectivity index (χ2v) is 4.57. The highest BCUT2D eigenvalue weighted by Crippen LogP contribution is 2.29. The largest absolute Gasteiger partial charge is 0.508 e. The molecule has 0 fully saturated rings. The van der Waals surface area contributed by atoms with Crippen LogP contribution in [0, 0.1) is 0 Å². The molecule has 0 aliphatic rings. The number of phenolic OH excluding ortho intramolecular Hbond substituents is 1. The van der Waals surface area contributed by atoms with Gasteiger partial charge in [0.15, 0.2) is 0 Å². The first-order chi connectivity index (χ1) is 9.24. The molecule has 2 aromatic carbocycles. The molecule has 0 aliphatic carbocycles. The van der Waals surface area contributed by atoms with E-state index in [-0.39, 0.29) is 5.75 Å². The van der Waals surface area contributed by atoms with Gasteiger partial charge in [0.1, 0.15) is 23.7 Å². The number of ether oxygens (including phenoxy) is 1. The van der Waals surface area contributed by atoms with Gasteiger partial charge in [-0.2, -0.15) is 0 Å². The van der Waals surface area contributed by atoms with Crippen LogP contribution in [-0.4, -0.2) is 5.11 Å². The molecule has 1 N–H and O–H groups in total. The standard InChI is InChI=1S/C15H11ClO3/c16-13-5-2-6-14-15(13)10(9-19-14)8-18-12-4-1-3-11(17)7-12/h1-7,9,17H,8H2. The van der Waals surface area contributed by atoms with Gasteiger partial charge in [-0.25, -0.2) is 0 Å². The van der Waals surface area contributed by atoms with E-state index in [1.165, 1.54) is 0 Å². The van der Waals surface area contributed by atoms with Crippen molar-refractivity contribution < 1.29 is 14.3 Å². The summed E-state index contributed by atoms with van der Waals surface area (Å²) in [5.74, 6) is 0.772. The lowest BCUT2D eigenvalue weighted by Gasteiger charge is -2.05. The summed E-state index contributed by atoms with van der Waals surface area (Å²) >= 11 is 6.15. The number of hydrogen-bond acceptors (Lipinski definition) is 3. The Kier molecular flexibility index (Phi) is 3.05. The van der Waals surface area contributed by atoms with E-state index in [0.717, 1.165) is 16.5 Å². The van der Waals surface area contributed by atoms with E-state index in [1.807, 2.05) is 18.2 Å². The van der Waals surface area contributed by atoms with Crippen LogP contribution in [0.15, 0.2) is 53.1 Å². The summed E-state index contributed by atoms with van der Waals surface area (Å²) in [5.41, 5.74) is 1.62. The number of rotatable bonds is 3. The van der Waals surface area contributed by atoms with Crippen molar-refractivity contribution in [1.29, 1.82) is 0 Å². The summed E-state index contributed by atoms with van der Waals surface area (Å²) < 4.78 is 11.0. The van der Waals surface area contributed by atoms with Crippen molar-refractivity contribution in [2.75, 3.05) is 0 Å². The van der Waals surface area contributed by atoms with E-state index in [4.69, 9.17) is 20.8 Å². The quantitative estimate of drug-likeness (QED) is 0.771. The molecule has 0 saturated carbocycles. The van der Waals surface area contributed by atoms with E-state index < -0.39 is 0 Å². The lowest BCUT2D eigenvalue weighted by atomic mass is 10.2. The van der Waals surface area contributed by atoms with Crippen LogP contribution in [0.4, 0.5) is 0 Å². The summed E-state index contributed by atoms with van der Waals surface area (Å²) in [6.07, 6.45) is 1.64. The summed E-state index contributed by atoms with van der Waals surface area (Å²) in [7, 11) is 0. The van der Waals surface area contributed by atoms with Crippen LogP contribution >= 0.6 is 11.6 Å². The number of aromatic hydroxyl groups is 1. The fraction of sp³-hybridized carbons (Fsp3) is 0.0667. The Labute approximate surface area is 115 Å². The molecule has 3 aromatic rings. The molecule has 0 radical (unpaired) electrons.